The van der Waals surface area contributed by atoms with Crippen LogP contribution >= 0.6 is 0 Å². The van der Waals surface area contributed by atoms with Crippen LogP contribution in [0, 0.1) is 0 Å². The molecule has 2 aromatic rings. The molecule has 2 heterocycles. The zero-order valence-electron chi connectivity index (χ0n) is 10.6. The van der Waals surface area contributed by atoms with E-state index in [0.29, 0.717) is 12.2 Å². The van der Waals surface area contributed by atoms with Crippen LogP contribution in [0.1, 0.15) is 35.4 Å². The molecule has 6 heteroatoms. The summed E-state index contributed by atoms with van der Waals surface area (Å²) in [5.74, 6) is 0.378. The fraction of sp³-hybridized carbons (Fsp3) is 0.417. The topological polar surface area (TPSA) is 78.7 Å². The quantitative estimate of drug-likeness (QED) is 0.845. The highest BCUT2D eigenvalue weighted by atomic mass is 16.1. The van der Waals surface area contributed by atoms with Crippen LogP contribution in [0.3, 0.4) is 0 Å². The van der Waals surface area contributed by atoms with Crippen molar-refractivity contribution in [2.45, 2.75) is 26.3 Å². The second-order valence-corrected chi connectivity index (χ2v) is 4.25. The summed E-state index contributed by atoms with van der Waals surface area (Å²) >= 11 is 0. The van der Waals surface area contributed by atoms with Gasteiger partial charge in [-0.15, -0.1) is 0 Å². The highest BCUT2D eigenvalue weighted by molar-refractivity contribution is 5.91. The Morgan fingerprint density at radius 2 is 2.28 bits per heavy atom. The van der Waals surface area contributed by atoms with Crippen LogP contribution in [0.15, 0.2) is 18.5 Å². The van der Waals surface area contributed by atoms with Gasteiger partial charge < -0.3 is 10.3 Å². The lowest BCUT2D eigenvalue weighted by molar-refractivity contribution is 0.0990. The molecule has 1 amide bonds. The van der Waals surface area contributed by atoms with Crippen molar-refractivity contribution in [1.29, 1.82) is 0 Å². The summed E-state index contributed by atoms with van der Waals surface area (Å²) in [4.78, 5) is 15.6. The van der Waals surface area contributed by atoms with E-state index in [2.05, 4.69) is 17.0 Å². The zero-order chi connectivity index (χ0) is 13.1. The van der Waals surface area contributed by atoms with Gasteiger partial charge in [0, 0.05) is 19.4 Å². The number of hydrogen-bond acceptors (Lipinski definition) is 3. The Balaban J connectivity index is 2.31. The van der Waals surface area contributed by atoms with Crippen molar-refractivity contribution in [3.8, 4) is 0 Å². The van der Waals surface area contributed by atoms with E-state index in [-0.39, 0.29) is 0 Å². The van der Waals surface area contributed by atoms with Crippen LogP contribution in [0.25, 0.3) is 0 Å². The molecule has 2 aromatic heterocycles. The molecule has 0 radical (unpaired) electrons. The number of imidazole rings is 1. The third kappa shape index (κ3) is 2.42. The number of primary amides is 1. The van der Waals surface area contributed by atoms with E-state index in [1.54, 1.807) is 16.9 Å². The van der Waals surface area contributed by atoms with E-state index < -0.39 is 5.91 Å². The van der Waals surface area contributed by atoms with E-state index in [4.69, 9.17) is 5.73 Å². The first-order chi connectivity index (χ1) is 8.61. The number of hydrogen-bond donors (Lipinski definition) is 1. The van der Waals surface area contributed by atoms with Crippen LogP contribution in [0.5, 0.6) is 0 Å². The molecule has 96 valence electrons. The molecule has 0 atom stereocenters. The Hall–Kier alpha value is -2.11. The number of carbonyl (C=O) groups excluding carboxylic acids is 1. The molecule has 0 saturated heterocycles. The largest absolute Gasteiger partial charge is 0.364 e. The summed E-state index contributed by atoms with van der Waals surface area (Å²) in [6.07, 6.45) is 5.40. The molecule has 0 fully saturated rings. The second-order valence-electron chi connectivity index (χ2n) is 4.25. The Morgan fingerprint density at radius 1 is 1.50 bits per heavy atom. The number of aryl methyl sites for hydroxylation is 2. The van der Waals surface area contributed by atoms with Crippen LogP contribution < -0.4 is 5.73 Å². The van der Waals surface area contributed by atoms with Gasteiger partial charge in [-0.05, 0) is 12.5 Å². The minimum absolute atomic E-state index is 0.432. The maximum atomic E-state index is 11.4. The van der Waals surface area contributed by atoms with Crippen molar-refractivity contribution in [2.24, 2.45) is 12.8 Å². The smallest absolute Gasteiger partial charge is 0.267 e. The molecular formula is C12H17N5O. The zero-order valence-corrected chi connectivity index (χ0v) is 10.6. The first kappa shape index (κ1) is 12.3. The van der Waals surface area contributed by atoms with E-state index in [1.807, 2.05) is 17.8 Å². The standard InChI is InChI=1S/C12H17N5O/c1-3-4-9-7-10(12(13)18)17(15-9)8-11-14-5-6-16(11)2/h5-7H,3-4,8H2,1-2H3,(H2,13,18). The first-order valence-electron chi connectivity index (χ1n) is 5.94. The van der Waals surface area contributed by atoms with Gasteiger partial charge in [0.1, 0.15) is 11.5 Å². The molecule has 2 rings (SSSR count). The summed E-state index contributed by atoms with van der Waals surface area (Å²) in [6, 6.07) is 1.76. The third-order valence-corrected chi connectivity index (χ3v) is 2.80. The van der Waals surface area contributed by atoms with Crippen molar-refractivity contribution in [1.82, 2.24) is 19.3 Å². The molecule has 0 aromatic carbocycles. The molecule has 2 N–H and O–H groups in total. The van der Waals surface area contributed by atoms with Gasteiger partial charge in [0.05, 0.1) is 12.2 Å². The maximum absolute atomic E-state index is 11.4. The summed E-state index contributed by atoms with van der Waals surface area (Å²) < 4.78 is 3.52. The molecular weight excluding hydrogens is 230 g/mol. The van der Waals surface area contributed by atoms with Gasteiger partial charge in [-0.3, -0.25) is 9.48 Å². The monoisotopic (exact) mass is 247 g/mol. The van der Waals surface area contributed by atoms with E-state index in [1.165, 1.54) is 0 Å². The van der Waals surface area contributed by atoms with Crippen molar-refractivity contribution in [3.63, 3.8) is 0 Å². The SMILES string of the molecule is CCCc1cc(C(N)=O)n(Cc2nccn2C)n1. The Labute approximate surface area is 105 Å². The number of nitrogens with zero attached hydrogens (tertiary/aromatic N) is 4. The van der Waals surface area contributed by atoms with Gasteiger partial charge in [0.25, 0.3) is 5.91 Å². The van der Waals surface area contributed by atoms with Gasteiger partial charge in [0.15, 0.2) is 0 Å². The highest BCUT2D eigenvalue weighted by Gasteiger charge is 2.13. The molecule has 0 aliphatic heterocycles. The van der Waals surface area contributed by atoms with Crippen LogP contribution in [0.4, 0.5) is 0 Å². The molecule has 0 spiro atoms. The van der Waals surface area contributed by atoms with Crippen LogP contribution in [0.2, 0.25) is 0 Å². The van der Waals surface area contributed by atoms with Gasteiger partial charge in [0.2, 0.25) is 0 Å². The lowest BCUT2D eigenvalue weighted by atomic mass is 10.2. The van der Waals surface area contributed by atoms with Crippen molar-refractivity contribution < 1.29 is 4.79 Å². The summed E-state index contributed by atoms with van der Waals surface area (Å²) in [5.41, 5.74) is 6.69. The molecule has 0 saturated carbocycles. The summed E-state index contributed by atoms with van der Waals surface area (Å²) in [6.45, 7) is 2.52. The lowest BCUT2D eigenvalue weighted by Gasteiger charge is -2.04. The highest BCUT2D eigenvalue weighted by Crippen LogP contribution is 2.08. The Kier molecular flexibility index (Phi) is 3.45. The predicted molar refractivity (Wildman–Crippen MR) is 67.0 cm³/mol. The summed E-state index contributed by atoms with van der Waals surface area (Å²) in [5, 5.41) is 4.40. The average molecular weight is 247 g/mol. The third-order valence-electron chi connectivity index (χ3n) is 2.80. The maximum Gasteiger partial charge on any atom is 0.267 e. The fourth-order valence-electron chi connectivity index (χ4n) is 1.85. The normalized spacial score (nSPS) is 10.8. The molecule has 0 aliphatic carbocycles. The van der Waals surface area contributed by atoms with Gasteiger partial charge >= 0.3 is 0 Å². The van der Waals surface area contributed by atoms with E-state index in [9.17, 15) is 4.79 Å². The predicted octanol–water partition coefficient (Wildman–Crippen LogP) is 0.716. The second kappa shape index (κ2) is 5.03. The Morgan fingerprint density at radius 3 is 2.83 bits per heavy atom. The number of amides is 1. The van der Waals surface area contributed by atoms with Crippen molar-refractivity contribution in [2.75, 3.05) is 0 Å². The molecule has 0 aliphatic rings. The number of aromatic nitrogens is 4. The number of rotatable bonds is 5. The first-order valence-corrected chi connectivity index (χ1v) is 5.94. The van der Waals surface area contributed by atoms with Gasteiger partial charge in [-0.1, -0.05) is 13.3 Å². The minimum atomic E-state index is -0.459. The van der Waals surface area contributed by atoms with Crippen LogP contribution in [-0.4, -0.2) is 25.2 Å². The molecule has 0 unspecified atom stereocenters. The van der Waals surface area contributed by atoms with Crippen molar-refractivity contribution in [3.05, 3.63) is 35.7 Å². The Bertz CT molecular complexity index is 555. The number of carbonyl (C=O) groups is 1. The molecule has 6 nitrogen and oxygen atoms in total. The van der Waals surface area contributed by atoms with Gasteiger partial charge in [-0.2, -0.15) is 5.10 Å². The molecule has 18 heavy (non-hydrogen) atoms. The average Bonchev–Trinajstić information content (AvgIpc) is 2.88. The van der Waals surface area contributed by atoms with E-state index in [0.717, 1.165) is 24.4 Å². The molecule has 0 bridgehead atoms. The lowest BCUT2D eigenvalue weighted by Crippen LogP contribution is -2.19. The van der Waals surface area contributed by atoms with Gasteiger partial charge in [-0.25, -0.2) is 4.98 Å². The van der Waals surface area contributed by atoms with Crippen molar-refractivity contribution >= 4 is 5.91 Å². The van der Waals surface area contributed by atoms with E-state index >= 15 is 0 Å². The van der Waals surface area contributed by atoms with Crippen LogP contribution in [-0.2, 0) is 20.0 Å². The number of nitrogens with two attached hydrogens (primary N) is 1. The minimum Gasteiger partial charge on any atom is -0.364 e. The fourth-order valence-corrected chi connectivity index (χ4v) is 1.85. The summed E-state index contributed by atoms with van der Waals surface area (Å²) in [7, 11) is 1.91.